The summed E-state index contributed by atoms with van der Waals surface area (Å²) in [6, 6.07) is 22.7. The molecule has 140 valence electrons. The Hall–Kier alpha value is -2.43. The monoisotopic (exact) mass is 449 g/mol. The van der Waals surface area contributed by atoms with Crippen LogP contribution in [0.15, 0.2) is 71.2 Å². The first-order valence-electron chi connectivity index (χ1n) is 9.15. The molecule has 0 aliphatic rings. The van der Waals surface area contributed by atoms with Crippen LogP contribution < -0.4 is 5.32 Å². The zero-order chi connectivity index (χ0) is 19.7. The van der Waals surface area contributed by atoms with Crippen LogP contribution in [-0.4, -0.2) is 5.91 Å². The van der Waals surface area contributed by atoms with E-state index in [0.29, 0.717) is 0 Å². The molecule has 3 aromatic carbocycles. The van der Waals surface area contributed by atoms with Gasteiger partial charge in [-0.3, -0.25) is 4.79 Å². The van der Waals surface area contributed by atoms with Gasteiger partial charge >= 0.3 is 0 Å². The van der Waals surface area contributed by atoms with Crippen LogP contribution in [0, 0.1) is 13.8 Å². The standard InChI is InChI=1S/C24H20BrNOS/c1-15-7-9-17(10-8-15)14-20-19-5-3-4-6-22(19)28-23(20)24(27)26-21-12-11-18(25)13-16(21)2/h3-13H,14H2,1-2H3,(H,26,27). The predicted octanol–water partition coefficient (Wildman–Crippen LogP) is 7.12. The van der Waals surface area contributed by atoms with Gasteiger partial charge in [0.1, 0.15) is 0 Å². The Morgan fingerprint density at radius 3 is 2.50 bits per heavy atom. The van der Waals surface area contributed by atoms with E-state index >= 15 is 0 Å². The number of carbonyl (C=O) groups excluding carboxylic acids is 1. The summed E-state index contributed by atoms with van der Waals surface area (Å²) < 4.78 is 2.15. The highest BCUT2D eigenvalue weighted by molar-refractivity contribution is 9.10. The van der Waals surface area contributed by atoms with Crippen LogP contribution in [0.4, 0.5) is 5.69 Å². The second-order valence-corrected chi connectivity index (χ2v) is 8.95. The number of amides is 1. The van der Waals surface area contributed by atoms with Crippen molar-refractivity contribution >= 4 is 48.9 Å². The third-order valence-corrected chi connectivity index (χ3v) is 6.55. The molecule has 4 rings (SSSR count). The van der Waals surface area contributed by atoms with Crippen molar-refractivity contribution in [3.8, 4) is 0 Å². The fourth-order valence-corrected chi connectivity index (χ4v) is 4.91. The topological polar surface area (TPSA) is 29.1 Å². The highest BCUT2D eigenvalue weighted by Gasteiger charge is 2.19. The van der Waals surface area contributed by atoms with Crippen molar-refractivity contribution < 1.29 is 4.79 Å². The summed E-state index contributed by atoms with van der Waals surface area (Å²) in [5, 5.41) is 4.26. The van der Waals surface area contributed by atoms with Gasteiger partial charge in [0.25, 0.3) is 5.91 Å². The zero-order valence-electron chi connectivity index (χ0n) is 15.8. The van der Waals surface area contributed by atoms with Gasteiger partial charge in [0.2, 0.25) is 0 Å². The van der Waals surface area contributed by atoms with Gasteiger partial charge in [0, 0.05) is 14.9 Å². The molecule has 28 heavy (non-hydrogen) atoms. The molecule has 1 amide bonds. The Labute approximate surface area is 177 Å². The molecule has 0 radical (unpaired) electrons. The average molecular weight is 450 g/mol. The Balaban J connectivity index is 1.73. The number of hydrogen-bond acceptors (Lipinski definition) is 2. The Morgan fingerprint density at radius 2 is 1.75 bits per heavy atom. The summed E-state index contributed by atoms with van der Waals surface area (Å²) >= 11 is 5.04. The van der Waals surface area contributed by atoms with Gasteiger partial charge in [-0.25, -0.2) is 0 Å². The van der Waals surface area contributed by atoms with E-state index in [0.717, 1.165) is 42.7 Å². The van der Waals surface area contributed by atoms with E-state index in [1.807, 2.05) is 37.3 Å². The summed E-state index contributed by atoms with van der Waals surface area (Å²) in [5.74, 6) is -0.0475. The summed E-state index contributed by atoms with van der Waals surface area (Å²) in [6.07, 6.45) is 0.742. The van der Waals surface area contributed by atoms with Crippen LogP contribution in [0.3, 0.4) is 0 Å². The van der Waals surface area contributed by atoms with Gasteiger partial charge in [-0.2, -0.15) is 0 Å². The fraction of sp³-hybridized carbons (Fsp3) is 0.125. The largest absolute Gasteiger partial charge is 0.321 e. The minimum atomic E-state index is -0.0475. The minimum absolute atomic E-state index is 0.0475. The average Bonchev–Trinajstić information content (AvgIpc) is 3.04. The highest BCUT2D eigenvalue weighted by atomic mass is 79.9. The van der Waals surface area contributed by atoms with E-state index in [1.165, 1.54) is 11.1 Å². The molecule has 0 spiro atoms. The maximum absolute atomic E-state index is 13.2. The lowest BCUT2D eigenvalue weighted by atomic mass is 10.0. The molecule has 1 N–H and O–H groups in total. The van der Waals surface area contributed by atoms with E-state index in [9.17, 15) is 4.79 Å². The molecule has 0 saturated heterocycles. The van der Waals surface area contributed by atoms with E-state index < -0.39 is 0 Å². The molecule has 0 atom stereocenters. The fourth-order valence-electron chi connectivity index (χ4n) is 3.31. The van der Waals surface area contributed by atoms with Crippen LogP contribution in [0.5, 0.6) is 0 Å². The van der Waals surface area contributed by atoms with Gasteiger partial charge in [-0.15, -0.1) is 11.3 Å². The third-order valence-electron chi connectivity index (χ3n) is 4.84. The van der Waals surface area contributed by atoms with Gasteiger partial charge in [0.15, 0.2) is 0 Å². The van der Waals surface area contributed by atoms with Crippen molar-refractivity contribution in [2.24, 2.45) is 0 Å². The van der Waals surface area contributed by atoms with Crippen molar-refractivity contribution in [2.45, 2.75) is 20.3 Å². The number of rotatable bonds is 4. The lowest BCUT2D eigenvalue weighted by Gasteiger charge is -2.10. The highest BCUT2D eigenvalue weighted by Crippen LogP contribution is 2.34. The first kappa shape index (κ1) is 18.9. The molecular formula is C24H20BrNOS. The molecular weight excluding hydrogens is 430 g/mol. The summed E-state index contributed by atoms with van der Waals surface area (Å²) in [7, 11) is 0. The van der Waals surface area contributed by atoms with E-state index in [-0.39, 0.29) is 5.91 Å². The number of hydrogen-bond donors (Lipinski definition) is 1. The second kappa shape index (κ2) is 7.90. The van der Waals surface area contributed by atoms with E-state index in [1.54, 1.807) is 11.3 Å². The maximum Gasteiger partial charge on any atom is 0.266 e. The number of carbonyl (C=O) groups is 1. The van der Waals surface area contributed by atoms with Crippen molar-refractivity contribution in [2.75, 3.05) is 5.32 Å². The van der Waals surface area contributed by atoms with Gasteiger partial charge in [0.05, 0.1) is 4.88 Å². The first-order chi connectivity index (χ1) is 13.5. The molecule has 1 heterocycles. The predicted molar refractivity (Wildman–Crippen MR) is 123 cm³/mol. The molecule has 0 aliphatic heterocycles. The molecule has 1 aromatic heterocycles. The number of anilines is 1. The minimum Gasteiger partial charge on any atom is -0.321 e. The zero-order valence-corrected chi connectivity index (χ0v) is 18.2. The number of thiophene rings is 1. The summed E-state index contributed by atoms with van der Waals surface area (Å²) in [5.41, 5.74) is 5.42. The first-order valence-corrected chi connectivity index (χ1v) is 10.8. The molecule has 0 unspecified atom stereocenters. The molecule has 4 aromatic rings. The van der Waals surface area contributed by atoms with E-state index in [4.69, 9.17) is 0 Å². The molecule has 0 fully saturated rings. The van der Waals surface area contributed by atoms with Crippen LogP contribution in [-0.2, 0) is 6.42 Å². The SMILES string of the molecule is Cc1ccc(Cc2c(C(=O)Nc3ccc(Br)cc3C)sc3ccccc23)cc1. The van der Waals surface area contributed by atoms with Gasteiger partial charge < -0.3 is 5.32 Å². The third kappa shape index (κ3) is 3.89. The lowest BCUT2D eigenvalue weighted by Crippen LogP contribution is -2.13. The molecule has 0 aliphatic carbocycles. The van der Waals surface area contributed by atoms with Crippen LogP contribution >= 0.6 is 27.3 Å². The summed E-state index contributed by atoms with van der Waals surface area (Å²) in [4.78, 5) is 14.0. The smallest absolute Gasteiger partial charge is 0.266 e. The van der Waals surface area contributed by atoms with Gasteiger partial charge in [-0.1, -0.05) is 64.0 Å². The second-order valence-electron chi connectivity index (χ2n) is 6.98. The number of benzene rings is 3. The molecule has 0 saturated carbocycles. The Bertz CT molecular complexity index is 1160. The lowest BCUT2D eigenvalue weighted by molar-refractivity contribution is 0.103. The number of halogens is 1. The maximum atomic E-state index is 13.2. The normalized spacial score (nSPS) is 11.0. The van der Waals surface area contributed by atoms with Crippen molar-refractivity contribution in [3.05, 3.63) is 98.3 Å². The van der Waals surface area contributed by atoms with Crippen molar-refractivity contribution in [3.63, 3.8) is 0 Å². The van der Waals surface area contributed by atoms with Crippen LogP contribution in [0.1, 0.15) is 31.9 Å². The Morgan fingerprint density at radius 1 is 1.00 bits per heavy atom. The van der Waals surface area contributed by atoms with Gasteiger partial charge in [-0.05, 0) is 66.6 Å². The summed E-state index contributed by atoms with van der Waals surface area (Å²) in [6.45, 7) is 4.09. The van der Waals surface area contributed by atoms with Crippen molar-refractivity contribution in [1.29, 1.82) is 0 Å². The number of fused-ring (bicyclic) bond motifs is 1. The molecule has 2 nitrogen and oxygen atoms in total. The Kier molecular flexibility index (Phi) is 5.33. The van der Waals surface area contributed by atoms with Crippen molar-refractivity contribution in [1.82, 2.24) is 0 Å². The molecule has 4 heteroatoms. The van der Waals surface area contributed by atoms with E-state index in [2.05, 4.69) is 64.6 Å². The van der Waals surface area contributed by atoms with Crippen LogP contribution in [0.2, 0.25) is 0 Å². The quantitative estimate of drug-likeness (QED) is 0.352. The number of aryl methyl sites for hydroxylation is 2. The molecule has 0 bridgehead atoms. The van der Waals surface area contributed by atoms with Crippen LogP contribution in [0.25, 0.3) is 10.1 Å². The number of nitrogens with one attached hydrogen (secondary N) is 1.